The summed E-state index contributed by atoms with van der Waals surface area (Å²) >= 11 is 0. The highest BCUT2D eigenvalue weighted by atomic mass is 28.4. The van der Waals surface area contributed by atoms with Gasteiger partial charge >= 0.3 is 0 Å². The normalized spacial score (nSPS) is 34.8. The van der Waals surface area contributed by atoms with E-state index in [1.54, 1.807) is 7.11 Å². The highest BCUT2D eigenvalue weighted by molar-refractivity contribution is 6.74. The minimum absolute atomic E-state index is 0.0535. The molecule has 1 heterocycles. The van der Waals surface area contributed by atoms with Gasteiger partial charge < -0.3 is 23.4 Å². The van der Waals surface area contributed by atoms with Crippen molar-refractivity contribution in [2.24, 2.45) is 17.3 Å². The fourth-order valence-corrected chi connectivity index (χ4v) is 8.60. The van der Waals surface area contributed by atoms with Crippen LogP contribution < -0.4 is 0 Å². The van der Waals surface area contributed by atoms with Crippen LogP contribution in [-0.4, -0.2) is 52.8 Å². The number of rotatable bonds is 6. The number of allylic oxidation sites excluding steroid dienone is 1. The van der Waals surface area contributed by atoms with Crippen LogP contribution in [0.5, 0.6) is 0 Å². The minimum Gasteiger partial charge on any atom is -0.501 e. The average Bonchev–Trinajstić information content (AvgIpc) is 2.70. The van der Waals surface area contributed by atoms with E-state index < -0.39 is 22.2 Å². The molecule has 4 rings (SSSR count). The molecule has 37 heavy (non-hydrogen) atoms. The second-order valence-corrected chi connectivity index (χ2v) is 25.2. The standard InChI is InChI=1S/C30H56O5Si2/c1-19-21-18-30(31,22(25(19)32-11)17-29(21,9)10)24-16-23(34-36(12,13)27(3,4)5)26(20(2)33-24)35-37(14,15)28(6,7)8/h16,20-23,26,31H,17-18H2,1-15H3/t20-,21+,22-,23-,26-,30-/m0/s1. The van der Waals surface area contributed by atoms with E-state index in [1.165, 1.54) is 5.57 Å². The molecule has 0 saturated heterocycles. The van der Waals surface area contributed by atoms with Crippen LogP contribution in [0.25, 0.3) is 0 Å². The predicted molar refractivity (Wildman–Crippen MR) is 157 cm³/mol. The smallest absolute Gasteiger partial charge is 0.193 e. The summed E-state index contributed by atoms with van der Waals surface area (Å²) in [5, 5.41) is 12.5. The van der Waals surface area contributed by atoms with Gasteiger partial charge in [0, 0.05) is 0 Å². The molecule has 7 heteroatoms. The summed E-state index contributed by atoms with van der Waals surface area (Å²) in [7, 11) is -2.50. The highest BCUT2D eigenvalue weighted by Gasteiger charge is 2.61. The first-order chi connectivity index (χ1) is 16.5. The summed E-state index contributed by atoms with van der Waals surface area (Å²) in [6, 6.07) is 0. The molecule has 1 saturated carbocycles. The maximum absolute atomic E-state index is 12.4. The number of aliphatic hydroxyl groups is 1. The fraction of sp³-hybridized carbons (Fsp3) is 0.867. The molecule has 0 aromatic heterocycles. The second-order valence-electron chi connectivity index (χ2n) is 15.7. The molecule has 0 aromatic rings. The van der Waals surface area contributed by atoms with Crippen LogP contribution in [0.3, 0.4) is 0 Å². The van der Waals surface area contributed by atoms with Crippen molar-refractivity contribution in [3.05, 3.63) is 23.2 Å². The van der Waals surface area contributed by atoms with Gasteiger partial charge in [0.25, 0.3) is 0 Å². The van der Waals surface area contributed by atoms with Crippen LogP contribution in [0.2, 0.25) is 36.3 Å². The highest BCUT2D eigenvalue weighted by Crippen LogP contribution is 2.61. The molecular formula is C30H56O5Si2. The van der Waals surface area contributed by atoms with Gasteiger partial charge in [-0.25, -0.2) is 0 Å². The fourth-order valence-electron chi connectivity index (χ4n) is 6.00. The number of methoxy groups -OCH3 is 1. The van der Waals surface area contributed by atoms with Crippen molar-refractivity contribution in [2.45, 2.75) is 142 Å². The first kappa shape index (κ1) is 30.9. The van der Waals surface area contributed by atoms with Gasteiger partial charge in [-0.15, -0.1) is 0 Å². The van der Waals surface area contributed by atoms with Crippen LogP contribution in [-0.2, 0) is 18.3 Å². The summed E-state index contributed by atoms with van der Waals surface area (Å²) in [4.78, 5) is 0. The zero-order valence-corrected chi connectivity index (χ0v) is 28.5. The Morgan fingerprint density at radius 2 is 1.43 bits per heavy atom. The van der Waals surface area contributed by atoms with Crippen molar-refractivity contribution in [1.82, 2.24) is 0 Å². The van der Waals surface area contributed by atoms with Crippen LogP contribution in [0.15, 0.2) is 23.2 Å². The first-order valence-corrected chi connectivity index (χ1v) is 20.0. The maximum Gasteiger partial charge on any atom is 0.193 e. The summed E-state index contributed by atoms with van der Waals surface area (Å²) in [6.07, 6.45) is 2.84. The SMILES string of the molecule is COC1=C(C)[C@H]2C[C@@](O)(C3=C[C@H](O[Si](C)(C)C(C)(C)C)[C@@H](O[Si](C)(C)C(C)(C)C)[C@H](C)O3)[C@H]1CC2(C)C. The summed E-state index contributed by atoms with van der Waals surface area (Å²) < 4.78 is 26.6. The largest absolute Gasteiger partial charge is 0.501 e. The van der Waals surface area contributed by atoms with Gasteiger partial charge in [-0.1, -0.05) is 55.4 Å². The molecule has 0 aromatic carbocycles. The summed E-state index contributed by atoms with van der Waals surface area (Å²) in [5.74, 6) is 1.67. The van der Waals surface area contributed by atoms with E-state index in [1.807, 2.05) is 0 Å². The Kier molecular flexibility index (Phi) is 7.94. The number of hydrogen-bond donors (Lipinski definition) is 1. The third-order valence-electron chi connectivity index (χ3n) is 10.5. The Hall–Kier alpha value is -0.606. The Labute approximate surface area is 229 Å². The lowest BCUT2D eigenvalue weighted by Crippen LogP contribution is -2.60. The molecule has 3 aliphatic carbocycles. The van der Waals surface area contributed by atoms with E-state index in [0.29, 0.717) is 12.2 Å². The predicted octanol–water partition coefficient (Wildman–Crippen LogP) is 7.79. The Morgan fingerprint density at radius 1 is 0.919 bits per heavy atom. The van der Waals surface area contributed by atoms with Gasteiger partial charge in [-0.05, 0) is 85.9 Å². The summed E-state index contributed by atoms with van der Waals surface area (Å²) in [6.45, 7) is 31.6. The third kappa shape index (κ3) is 5.41. The monoisotopic (exact) mass is 552 g/mol. The zero-order chi connectivity index (χ0) is 28.6. The van der Waals surface area contributed by atoms with Crippen molar-refractivity contribution in [1.29, 1.82) is 0 Å². The van der Waals surface area contributed by atoms with Gasteiger partial charge in [-0.3, -0.25) is 0 Å². The Balaban J connectivity index is 2.08. The molecule has 4 aliphatic rings. The van der Waals surface area contributed by atoms with Crippen molar-refractivity contribution >= 4 is 16.6 Å². The number of ether oxygens (including phenoxy) is 2. The van der Waals surface area contributed by atoms with E-state index in [9.17, 15) is 5.11 Å². The maximum atomic E-state index is 12.4. The van der Waals surface area contributed by atoms with Gasteiger partial charge in [0.2, 0.25) is 0 Å². The summed E-state index contributed by atoms with van der Waals surface area (Å²) in [5.41, 5.74) is 0.261. The molecule has 6 atom stereocenters. The average molecular weight is 553 g/mol. The molecule has 0 radical (unpaired) electrons. The lowest BCUT2D eigenvalue weighted by atomic mass is 9.51. The molecule has 0 unspecified atom stereocenters. The van der Waals surface area contributed by atoms with Crippen molar-refractivity contribution < 1.29 is 23.4 Å². The molecule has 0 amide bonds. The second kappa shape index (κ2) is 9.50. The molecular weight excluding hydrogens is 496 g/mol. The Bertz CT molecular complexity index is 937. The van der Waals surface area contributed by atoms with Crippen molar-refractivity contribution in [3.63, 3.8) is 0 Å². The van der Waals surface area contributed by atoms with Crippen molar-refractivity contribution in [3.8, 4) is 0 Å². The van der Waals surface area contributed by atoms with Gasteiger partial charge in [0.05, 0.1) is 19.1 Å². The third-order valence-corrected chi connectivity index (χ3v) is 19.5. The van der Waals surface area contributed by atoms with Crippen LogP contribution in [0.4, 0.5) is 0 Å². The van der Waals surface area contributed by atoms with Gasteiger partial charge in [0.1, 0.15) is 29.3 Å². The van der Waals surface area contributed by atoms with E-state index in [-0.39, 0.29) is 45.6 Å². The molecule has 1 N–H and O–H groups in total. The number of hydrogen-bond acceptors (Lipinski definition) is 5. The molecule has 1 aliphatic heterocycles. The number of fused-ring (bicyclic) bond motifs is 2. The van der Waals surface area contributed by atoms with Crippen LogP contribution in [0, 0.1) is 17.3 Å². The molecule has 0 spiro atoms. The molecule has 5 nitrogen and oxygen atoms in total. The lowest BCUT2D eigenvalue weighted by Gasteiger charge is -2.57. The molecule has 214 valence electrons. The van der Waals surface area contributed by atoms with Crippen LogP contribution >= 0.6 is 0 Å². The minimum atomic E-state index is -2.14. The quantitative estimate of drug-likeness (QED) is 0.341. The van der Waals surface area contributed by atoms with E-state index in [2.05, 4.69) is 102 Å². The van der Waals surface area contributed by atoms with Gasteiger partial charge in [0.15, 0.2) is 16.6 Å². The van der Waals surface area contributed by atoms with Crippen molar-refractivity contribution in [2.75, 3.05) is 7.11 Å². The Morgan fingerprint density at radius 3 is 1.92 bits per heavy atom. The topological polar surface area (TPSA) is 57.2 Å². The van der Waals surface area contributed by atoms with E-state index in [4.69, 9.17) is 18.3 Å². The van der Waals surface area contributed by atoms with E-state index in [0.717, 1.165) is 12.2 Å². The first-order valence-electron chi connectivity index (χ1n) is 14.2. The van der Waals surface area contributed by atoms with Crippen LogP contribution in [0.1, 0.15) is 82.1 Å². The van der Waals surface area contributed by atoms with Gasteiger partial charge in [-0.2, -0.15) is 0 Å². The lowest BCUT2D eigenvalue weighted by molar-refractivity contribution is -0.145. The zero-order valence-electron chi connectivity index (χ0n) is 26.5. The van der Waals surface area contributed by atoms with E-state index >= 15 is 0 Å². The molecule has 1 fully saturated rings. The molecule has 2 bridgehead atoms.